The Bertz CT molecular complexity index is 433. The van der Waals surface area contributed by atoms with Crippen LogP contribution in [0.15, 0.2) is 36.4 Å². The molecule has 0 amide bonds. The predicted molar refractivity (Wildman–Crippen MR) is 60.9 cm³/mol. The summed E-state index contributed by atoms with van der Waals surface area (Å²) in [5.74, 6) is -0.410. The van der Waals surface area contributed by atoms with Crippen molar-refractivity contribution in [2.75, 3.05) is 7.11 Å². The Morgan fingerprint density at radius 3 is 2.28 bits per heavy atom. The summed E-state index contributed by atoms with van der Waals surface area (Å²) in [5.41, 5.74) is 0.586. The zero-order valence-electron chi connectivity index (χ0n) is 9.88. The van der Waals surface area contributed by atoms with Gasteiger partial charge in [-0.3, -0.25) is 4.79 Å². The number of esters is 1. The molecular formula is C13H13F3O2. The normalized spacial score (nSPS) is 11.1. The minimum Gasteiger partial charge on any atom is -0.469 e. The summed E-state index contributed by atoms with van der Waals surface area (Å²) < 4.78 is 41.4. The molecule has 0 fully saturated rings. The van der Waals surface area contributed by atoms with Crippen molar-refractivity contribution in [1.82, 2.24) is 0 Å². The van der Waals surface area contributed by atoms with Crippen LogP contribution in [0.3, 0.4) is 0 Å². The van der Waals surface area contributed by atoms with Gasteiger partial charge in [-0.05, 0) is 24.1 Å². The van der Waals surface area contributed by atoms with Crippen molar-refractivity contribution in [2.45, 2.75) is 19.0 Å². The van der Waals surface area contributed by atoms with Gasteiger partial charge >= 0.3 is 12.1 Å². The van der Waals surface area contributed by atoms with Crippen LogP contribution in [0.4, 0.5) is 13.2 Å². The van der Waals surface area contributed by atoms with Gasteiger partial charge in [0.15, 0.2) is 0 Å². The second kappa shape index (κ2) is 5.71. The lowest BCUT2D eigenvalue weighted by Gasteiger charge is -2.08. The Morgan fingerprint density at radius 2 is 1.83 bits per heavy atom. The van der Waals surface area contributed by atoms with E-state index in [0.717, 1.165) is 12.1 Å². The lowest BCUT2D eigenvalue weighted by atomic mass is 10.0. The largest absolute Gasteiger partial charge is 0.469 e. The van der Waals surface area contributed by atoms with Crippen molar-refractivity contribution in [3.05, 3.63) is 47.5 Å². The highest BCUT2D eigenvalue weighted by Gasteiger charge is 2.29. The van der Waals surface area contributed by atoms with Gasteiger partial charge < -0.3 is 4.74 Å². The number of benzene rings is 1. The molecule has 0 saturated carbocycles. The number of ether oxygens (including phenoxy) is 1. The second-order valence-corrected chi connectivity index (χ2v) is 3.87. The molecule has 0 aliphatic heterocycles. The first kappa shape index (κ1) is 14.3. The third-order valence-electron chi connectivity index (χ3n) is 2.36. The third kappa shape index (κ3) is 4.24. The molecule has 1 rings (SSSR count). The van der Waals surface area contributed by atoms with Crippen LogP contribution < -0.4 is 0 Å². The van der Waals surface area contributed by atoms with Crippen molar-refractivity contribution in [3.8, 4) is 0 Å². The van der Waals surface area contributed by atoms with E-state index in [-0.39, 0.29) is 6.42 Å². The number of carbonyl (C=O) groups is 1. The summed E-state index contributed by atoms with van der Waals surface area (Å²) in [4.78, 5) is 11.0. The molecule has 5 heteroatoms. The summed E-state index contributed by atoms with van der Waals surface area (Å²) in [6.07, 6.45) is -3.91. The maximum Gasteiger partial charge on any atom is 0.416 e. The maximum atomic E-state index is 12.3. The average molecular weight is 258 g/mol. The number of methoxy groups -OCH3 is 1. The van der Waals surface area contributed by atoms with E-state index >= 15 is 0 Å². The zero-order chi connectivity index (χ0) is 13.8. The first-order chi connectivity index (χ1) is 8.32. The summed E-state index contributed by atoms with van der Waals surface area (Å²) in [6.45, 7) is 3.69. The molecule has 2 nitrogen and oxygen atoms in total. The average Bonchev–Trinajstić information content (AvgIpc) is 2.28. The molecule has 18 heavy (non-hydrogen) atoms. The topological polar surface area (TPSA) is 26.3 Å². The van der Waals surface area contributed by atoms with E-state index in [1.165, 1.54) is 19.2 Å². The summed E-state index contributed by atoms with van der Waals surface area (Å²) in [6, 6.07) is 4.79. The summed E-state index contributed by atoms with van der Waals surface area (Å²) >= 11 is 0. The SMILES string of the molecule is C=C(CC(=O)OC)Cc1ccc(C(F)(F)F)cc1. The van der Waals surface area contributed by atoms with Gasteiger partial charge in [0, 0.05) is 0 Å². The van der Waals surface area contributed by atoms with Crippen molar-refractivity contribution in [1.29, 1.82) is 0 Å². The van der Waals surface area contributed by atoms with Gasteiger partial charge in [0.1, 0.15) is 0 Å². The summed E-state index contributed by atoms with van der Waals surface area (Å²) in [5, 5.41) is 0. The number of alkyl halides is 3. The fourth-order valence-corrected chi connectivity index (χ4v) is 1.44. The molecule has 98 valence electrons. The van der Waals surface area contributed by atoms with E-state index in [4.69, 9.17) is 0 Å². The molecule has 1 aromatic carbocycles. The molecule has 0 unspecified atom stereocenters. The highest BCUT2D eigenvalue weighted by Crippen LogP contribution is 2.29. The number of hydrogen-bond donors (Lipinski definition) is 0. The predicted octanol–water partition coefficient (Wildman–Crippen LogP) is 3.37. The Morgan fingerprint density at radius 1 is 1.28 bits per heavy atom. The Kier molecular flexibility index (Phi) is 4.53. The highest BCUT2D eigenvalue weighted by molar-refractivity contribution is 5.72. The van der Waals surface area contributed by atoms with Crippen molar-refractivity contribution >= 4 is 5.97 Å². The fraction of sp³-hybridized carbons (Fsp3) is 0.308. The van der Waals surface area contributed by atoms with Crippen LogP contribution >= 0.6 is 0 Å². The first-order valence-electron chi connectivity index (χ1n) is 5.22. The lowest BCUT2D eigenvalue weighted by Crippen LogP contribution is -2.05. The van der Waals surface area contributed by atoms with Gasteiger partial charge in [-0.15, -0.1) is 0 Å². The molecule has 0 aliphatic rings. The maximum absolute atomic E-state index is 12.3. The van der Waals surface area contributed by atoms with Crippen LogP contribution in [0.25, 0.3) is 0 Å². The first-order valence-corrected chi connectivity index (χ1v) is 5.22. The number of hydrogen-bond acceptors (Lipinski definition) is 2. The van der Waals surface area contributed by atoms with Crippen LogP contribution in [0, 0.1) is 0 Å². The molecule has 0 aromatic heterocycles. The van der Waals surface area contributed by atoms with Gasteiger partial charge in [0.2, 0.25) is 0 Å². The Hall–Kier alpha value is -1.78. The van der Waals surface area contributed by atoms with Crippen LogP contribution in [0.1, 0.15) is 17.5 Å². The molecule has 0 radical (unpaired) electrons. The van der Waals surface area contributed by atoms with Gasteiger partial charge in [-0.25, -0.2) is 0 Å². The highest BCUT2D eigenvalue weighted by atomic mass is 19.4. The molecule has 0 aliphatic carbocycles. The van der Waals surface area contributed by atoms with E-state index in [9.17, 15) is 18.0 Å². The molecule has 1 aromatic rings. The van der Waals surface area contributed by atoms with E-state index in [1.54, 1.807) is 0 Å². The number of halogens is 3. The van der Waals surface area contributed by atoms with Gasteiger partial charge in [0.25, 0.3) is 0 Å². The molecule has 0 N–H and O–H groups in total. The van der Waals surface area contributed by atoms with Gasteiger partial charge in [-0.1, -0.05) is 24.3 Å². The molecule has 0 heterocycles. The number of rotatable bonds is 4. The fourth-order valence-electron chi connectivity index (χ4n) is 1.44. The molecular weight excluding hydrogens is 245 g/mol. The minimum absolute atomic E-state index is 0.0670. The van der Waals surface area contributed by atoms with Crippen molar-refractivity contribution < 1.29 is 22.7 Å². The monoisotopic (exact) mass is 258 g/mol. The third-order valence-corrected chi connectivity index (χ3v) is 2.36. The van der Waals surface area contributed by atoms with Crippen LogP contribution in [-0.2, 0) is 22.1 Å². The lowest BCUT2D eigenvalue weighted by molar-refractivity contribution is -0.140. The Labute approximate surface area is 103 Å². The molecule has 0 bridgehead atoms. The zero-order valence-corrected chi connectivity index (χ0v) is 9.88. The Balaban J connectivity index is 2.64. The summed E-state index contributed by atoms with van der Waals surface area (Å²) in [7, 11) is 1.27. The number of carbonyl (C=O) groups excluding carboxylic acids is 1. The molecule has 0 saturated heterocycles. The van der Waals surface area contributed by atoms with Gasteiger partial charge in [-0.2, -0.15) is 13.2 Å². The van der Waals surface area contributed by atoms with Crippen molar-refractivity contribution in [2.24, 2.45) is 0 Å². The molecule has 0 spiro atoms. The van der Waals surface area contributed by atoms with E-state index < -0.39 is 17.7 Å². The van der Waals surface area contributed by atoms with Crippen molar-refractivity contribution in [3.63, 3.8) is 0 Å². The second-order valence-electron chi connectivity index (χ2n) is 3.87. The van der Waals surface area contributed by atoms with Crippen LogP contribution in [-0.4, -0.2) is 13.1 Å². The smallest absolute Gasteiger partial charge is 0.416 e. The van der Waals surface area contributed by atoms with E-state index in [2.05, 4.69) is 11.3 Å². The van der Waals surface area contributed by atoms with Crippen LogP contribution in [0.2, 0.25) is 0 Å². The van der Waals surface area contributed by atoms with Crippen LogP contribution in [0.5, 0.6) is 0 Å². The molecule has 0 atom stereocenters. The van der Waals surface area contributed by atoms with Gasteiger partial charge in [0.05, 0.1) is 19.1 Å². The van der Waals surface area contributed by atoms with E-state index in [1.807, 2.05) is 0 Å². The minimum atomic E-state index is -4.33. The standard InChI is InChI=1S/C13H13F3O2/c1-9(8-12(17)18-2)7-10-3-5-11(6-4-10)13(14,15)16/h3-6H,1,7-8H2,2H3. The quantitative estimate of drug-likeness (QED) is 0.611. The van der Waals surface area contributed by atoms with E-state index in [0.29, 0.717) is 17.6 Å².